The zero-order valence-corrected chi connectivity index (χ0v) is 15.8. The summed E-state index contributed by atoms with van der Waals surface area (Å²) in [5, 5.41) is 15.1. The molecule has 0 saturated carbocycles. The summed E-state index contributed by atoms with van der Waals surface area (Å²) in [6.45, 7) is 1.11. The lowest BCUT2D eigenvalue weighted by Crippen LogP contribution is -2.28. The number of aromatic nitrogens is 4. The fourth-order valence-electron chi connectivity index (χ4n) is 2.27. The Hall–Kier alpha value is -2.26. The molecule has 0 aliphatic rings. The molecule has 1 aromatic carbocycles. The third-order valence-corrected chi connectivity index (χ3v) is 4.48. The lowest BCUT2D eigenvalue weighted by molar-refractivity contribution is 0.624. The minimum atomic E-state index is -0.247. The third kappa shape index (κ3) is 4.64. The second-order valence-corrected chi connectivity index (χ2v) is 6.69. The van der Waals surface area contributed by atoms with Crippen LogP contribution in [-0.2, 0) is 20.1 Å². The van der Waals surface area contributed by atoms with E-state index >= 15 is 0 Å². The molecule has 2 N–H and O–H groups in total. The van der Waals surface area contributed by atoms with Crippen LogP contribution < -0.4 is 10.6 Å². The van der Waals surface area contributed by atoms with E-state index in [4.69, 9.17) is 12.2 Å². The molecule has 0 bridgehead atoms. The number of hydrogen-bond acceptors (Lipinski definition) is 3. The van der Waals surface area contributed by atoms with Crippen molar-refractivity contribution in [3.05, 3.63) is 64.4 Å². The first-order valence-corrected chi connectivity index (χ1v) is 8.69. The van der Waals surface area contributed by atoms with Gasteiger partial charge in [0.15, 0.2) is 5.11 Å². The summed E-state index contributed by atoms with van der Waals surface area (Å²) >= 11 is 8.75. The van der Waals surface area contributed by atoms with Crippen LogP contribution in [0.2, 0.25) is 0 Å². The molecule has 0 saturated heterocycles. The molecule has 0 fully saturated rings. The summed E-state index contributed by atoms with van der Waals surface area (Å²) in [6, 6.07) is 6.35. The van der Waals surface area contributed by atoms with Gasteiger partial charge in [-0.15, -0.1) is 0 Å². The van der Waals surface area contributed by atoms with Crippen molar-refractivity contribution in [2.24, 2.45) is 7.05 Å². The SMILES string of the molecule is Cn1ncc(Br)c1CNC(=S)Nc1cnn(Cc2ccc(F)cc2)c1. The van der Waals surface area contributed by atoms with E-state index in [1.165, 1.54) is 12.1 Å². The number of rotatable bonds is 5. The van der Waals surface area contributed by atoms with Crippen molar-refractivity contribution in [3.63, 3.8) is 0 Å². The lowest BCUT2D eigenvalue weighted by atomic mass is 10.2. The molecule has 25 heavy (non-hydrogen) atoms. The fourth-order valence-corrected chi connectivity index (χ4v) is 2.94. The highest BCUT2D eigenvalue weighted by Crippen LogP contribution is 2.14. The monoisotopic (exact) mass is 422 g/mol. The molecule has 9 heteroatoms. The fraction of sp³-hybridized carbons (Fsp3) is 0.188. The first kappa shape index (κ1) is 17.6. The maximum absolute atomic E-state index is 12.9. The van der Waals surface area contributed by atoms with Gasteiger partial charge in [-0.1, -0.05) is 12.1 Å². The molecule has 2 aromatic heterocycles. The average Bonchev–Trinajstić information content (AvgIpc) is 3.14. The maximum Gasteiger partial charge on any atom is 0.171 e. The number of thiocarbonyl (C=S) groups is 1. The number of hydrogen-bond donors (Lipinski definition) is 2. The van der Waals surface area contributed by atoms with Crippen molar-refractivity contribution in [1.82, 2.24) is 24.9 Å². The van der Waals surface area contributed by atoms with Crippen molar-refractivity contribution in [2.45, 2.75) is 13.1 Å². The molecule has 2 heterocycles. The van der Waals surface area contributed by atoms with Crippen LogP contribution in [0.1, 0.15) is 11.3 Å². The summed E-state index contributed by atoms with van der Waals surface area (Å²) in [5.41, 5.74) is 2.75. The van der Waals surface area contributed by atoms with E-state index in [0.29, 0.717) is 18.2 Å². The molecular formula is C16H16BrFN6S. The number of halogens is 2. The molecule has 3 rings (SSSR count). The second kappa shape index (κ2) is 7.75. The Morgan fingerprint density at radius 2 is 2.00 bits per heavy atom. The van der Waals surface area contributed by atoms with Gasteiger partial charge in [0.25, 0.3) is 0 Å². The van der Waals surface area contributed by atoms with Gasteiger partial charge in [0.1, 0.15) is 5.82 Å². The summed E-state index contributed by atoms with van der Waals surface area (Å²) in [4.78, 5) is 0. The number of nitrogens with zero attached hydrogens (tertiary/aromatic N) is 4. The number of anilines is 1. The summed E-state index contributed by atoms with van der Waals surface area (Å²) < 4.78 is 17.4. The molecule has 6 nitrogen and oxygen atoms in total. The Kier molecular flexibility index (Phi) is 5.44. The standard InChI is InChI=1S/C16H16BrFN6S/c1-23-15(14(17)7-20-23)8-19-16(25)22-13-6-21-24(10-13)9-11-2-4-12(18)5-3-11/h2-7,10H,8-9H2,1H3,(H2,19,22,25). The van der Waals surface area contributed by atoms with Crippen LogP contribution in [-0.4, -0.2) is 24.7 Å². The molecule has 0 aliphatic heterocycles. The Bertz CT molecular complexity index is 854. The lowest BCUT2D eigenvalue weighted by Gasteiger charge is -2.09. The normalized spacial score (nSPS) is 10.7. The van der Waals surface area contributed by atoms with Crippen molar-refractivity contribution in [3.8, 4) is 0 Å². The predicted molar refractivity (Wildman–Crippen MR) is 102 cm³/mol. The minimum Gasteiger partial charge on any atom is -0.357 e. The van der Waals surface area contributed by atoms with E-state index in [9.17, 15) is 4.39 Å². The maximum atomic E-state index is 12.9. The zero-order valence-electron chi connectivity index (χ0n) is 13.4. The minimum absolute atomic E-state index is 0.247. The van der Waals surface area contributed by atoms with Gasteiger partial charge in [-0.05, 0) is 45.8 Å². The van der Waals surface area contributed by atoms with Crippen molar-refractivity contribution in [2.75, 3.05) is 5.32 Å². The van der Waals surface area contributed by atoms with Gasteiger partial charge < -0.3 is 10.6 Å². The quantitative estimate of drug-likeness (QED) is 0.618. The molecule has 3 aromatic rings. The van der Waals surface area contributed by atoms with E-state index in [1.807, 2.05) is 13.2 Å². The smallest absolute Gasteiger partial charge is 0.171 e. The largest absolute Gasteiger partial charge is 0.357 e. The molecule has 0 unspecified atom stereocenters. The van der Waals surface area contributed by atoms with Crippen LogP contribution in [0, 0.1) is 5.82 Å². The second-order valence-electron chi connectivity index (χ2n) is 5.42. The van der Waals surface area contributed by atoms with Crippen LogP contribution >= 0.6 is 28.1 Å². The van der Waals surface area contributed by atoms with Crippen LogP contribution in [0.15, 0.2) is 47.3 Å². The van der Waals surface area contributed by atoms with Crippen LogP contribution in [0.3, 0.4) is 0 Å². The van der Waals surface area contributed by atoms with Crippen LogP contribution in [0.25, 0.3) is 0 Å². The predicted octanol–water partition coefficient (Wildman–Crippen LogP) is 3.05. The Morgan fingerprint density at radius 3 is 2.68 bits per heavy atom. The van der Waals surface area contributed by atoms with Crippen molar-refractivity contribution < 1.29 is 4.39 Å². The number of aryl methyl sites for hydroxylation is 1. The molecule has 0 amide bonds. The first-order valence-electron chi connectivity index (χ1n) is 7.49. The molecule has 0 spiro atoms. The Labute approximate surface area is 158 Å². The molecule has 130 valence electrons. The number of benzene rings is 1. The molecule has 0 aliphatic carbocycles. The van der Waals surface area contributed by atoms with E-state index in [-0.39, 0.29) is 5.82 Å². The van der Waals surface area contributed by atoms with Gasteiger partial charge in [-0.25, -0.2) is 4.39 Å². The van der Waals surface area contributed by atoms with Gasteiger partial charge >= 0.3 is 0 Å². The Balaban J connectivity index is 1.54. The van der Waals surface area contributed by atoms with Gasteiger partial charge in [0, 0.05) is 13.2 Å². The third-order valence-electron chi connectivity index (χ3n) is 3.58. The first-order chi connectivity index (χ1) is 12.0. The average molecular weight is 423 g/mol. The highest BCUT2D eigenvalue weighted by atomic mass is 79.9. The van der Waals surface area contributed by atoms with E-state index < -0.39 is 0 Å². The topological polar surface area (TPSA) is 59.7 Å². The number of nitrogens with one attached hydrogen (secondary N) is 2. The van der Waals surface area contributed by atoms with Crippen LogP contribution in [0.4, 0.5) is 10.1 Å². The van der Waals surface area contributed by atoms with Gasteiger partial charge in [0.2, 0.25) is 0 Å². The Morgan fingerprint density at radius 1 is 1.24 bits per heavy atom. The highest BCUT2D eigenvalue weighted by Gasteiger charge is 2.07. The highest BCUT2D eigenvalue weighted by molar-refractivity contribution is 9.10. The van der Waals surface area contributed by atoms with Crippen molar-refractivity contribution >= 4 is 38.9 Å². The van der Waals surface area contributed by atoms with Crippen LogP contribution in [0.5, 0.6) is 0 Å². The van der Waals surface area contributed by atoms with E-state index in [1.54, 1.807) is 33.9 Å². The van der Waals surface area contributed by atoms with E-state index in [2.05, 4.69) is 36.8 Å². The molecule has 0 atom stereocenters. The molecule has 0 radical (unpaired) electrons. The summed E-state index contributed by atoms with van der Waals surface area (Å²) in [7, 11) is 1.87. The van der Waals surface area contributed by atoms with Crippen molar-refractivity contribution in [1.29, 1.82) is 0 Å². The summed E-state index contributed by atoms with van der Waals surface area (Å²) in [5.74, 6) is -0.247. The van der Waals surface area contributed by atoms with Gasteiger partial charge in [-0.2, -0.15) is 10.2 Å². The van der Waals surface area contributed by atoms with Gasteiger partial charge in [0.05, 0.1) is 41.3 Å². The zero-order chi connectivity index (χ0) is 17.8. The molecular weight excluding hydrogens is 407 g/mol. The summed E-state index contributed by atoms with van der Waals surface area (Å²) in [6.07, 6.45) is 5.28. The van der Waals surface area contributed by atoms with E-state index in [0.717, 1.165) is 21.4 Å². The van der Waals surface area contributed by atoms with Gasteiger partial charge in [-0.3, -0.25) is 9.36 Å².